The number of halogens is 2. The van der Waals surface area contributed by atoms with Gasteiger partial charge in [-0.05, 0) is 29.2 Å². The van der Waals surface area contributed by atoms with Gasteiger partial charge >= 0.3 is 0 Å². The van der Waals surface area contributed by atoms with Gasteiger partial charge in [-0.3, -0.25) is 4.79 Å². The van der Waals surface area contributed by atoms with Gasteiger partial charge in [-0.15, -0.1) is 0 Å². The van der Waals surface area contributed by atoms with Crippen molar-refractivity contribution < 1.29 is 14.4 Å². The average Bonchev–Trinajstić information content (AvgIpc) is 2.94. The first-order valence-electron chi connectivity index (χ1n) is 8.74. The van der Waals surface area contributed by atoms with E-state index in [0.29, 0.717) is 21.2 Å². The lowest BCUT2D eigenvalue weighted by Gasteiger charge is -2.46. The van der Waals surface area contributed by atoms with E-state index < -0.39 is 16.4 Å². The second kappa shape index (κ2) is 6.20. The zero-order valence-electron chi connectivity index (χ0n) is 16.3. The second-order valence-corrected chi connectivity index (χ2v) is 9.78. The van der Waals surface area contributed by atoms with Crippen LogP contribution in [0.5, 0.6) is 0 Å². The molecule has 1 aromatic heterocycles. The highest BCUT2D eigenvalue weighted by Crippen LogP contribution is 2.55. The minimum atomic E-state index is -1.51. The Morgan fingerprint density at radius 2 is 1.59 bits per heavy atom. The fraction of sp³-hybridized carbons (Fsp3) is 0.429. The predicted octanol–water partition coefficient (Wildman–Crippen LogP) is 6.05. The van der Waals surface area contributed by atoms with Crippen LogP contribution in [-0.2, 0) is 5.60 Å². The average molecular weight is 408 g/mol. The molecule has 2 aromatic rings. The molecule has 27 heavy (non-hydrogen) atoms. The van der Waals surface area contributed by atoms with Crippen LogP contribution in [0.15, 0.2) is 34.4 Å². The highest BCUT2D eigenvalue weighted by Gasteiger charge is 2.56. The number of benzene rings is 1. The lowest BCUT2D eigenvalue weighted by atomic mass is 9.60. The lowest BCUT2D eigenvalue weighted by Crippen LogP contribution is -2.48. The van der Waals surface area contributed by atoms with E-state index in [-0.39, 0.29) is 22.8 Å². The molecule has 1 aliphatic rings. The van der Waals surface area contributed by atoms with Gasteiger partial charge < -0.3 is 9.63 Å². The monoisotopic (exact) mass is 407 g/mol. The van der Waals surface area contributed by atoms with Crippen molar-refractivity contribution in [3.63, 3.8) is 0 Å². The van der Waals surface area contributed by atoms with Gasteiger partial charge in [-0.1, -0.05) is 76.0 Å². The third-order valence-corrected chi connectivity index (χ3v) is 5.66. The fourth-order valence-corrected chi connectivity index (χ4v) is 4.17. The first kappa shape index (κ1) is 20.1. The van der Waals surface area contributed by atoms with Gasteiger partial charge in [0.1, 0.15) is 5.69 Å². The molecule has 0 spiro atoms. The van der Waals surface area contributed by atoms with Crippen molar-refractivity contribution in [1.29, 1.82) is 0 Å². The maximum Gasteiger partial charge on any atom is 0.191 e. The standard InChI is InChI=1S/C21H23Cl2NO3/c1-19(2,3)14-10-13(25)16-17(15-11(22)8-7-9-12(15)23)24-27-18(16)21(14,26)20(4,5)6/h7-10,26H,1-6H3. The van der Waals surface area contributed by atoms with Crippen LogP contribution < -0.4 is 0 Å². The summed E-state index contributed by atoms with van der Waals surface area (Å²) in [6.07, 6.45) is 1.50. The molecule has 6 heteroatoms. The molecule has 1 atom stereocenters. The molecular weight excluding hydrogens is 385 g/mol. The van der Waals surface area contributed by atoms with Crippen LogP contribution in [0, 0.1) is 10.8 Å². The molecule has 1 N–H and O–H groups in total. The fourth-order valence-electron chi connectivity index (χ4n) is 3.59. The summed E-state index contributed by atoms with van der Waals surface area (Å²) in [5.74, 6) is -0.144. The van der Waals surface area contributed by atoms with Crippen LogP contribution in [0.4, 0.5) is 0 Å². The Kier molecular flexibility index (Phi) is 4.62. The smallest absolute Gasteiger partial charge is 0.191 e. The Morgan fingerprint density at radius 3 is 2.07 bits per heavy atom. The Morgan fingerprint density at radius 1 is 1.04 bits per heavy atom. The summed E-state index contributed by atoms with van der Waals surface area (Å²) >= 11 is 12.6. The van der Waals surface area contributed by atoms with Crippen LogP contribution in [0.1, 0.15) is 57.7 Å². The molecule has 0 saturated carbocycles. The Bertz CT molecular complexity index is 941. The van der Waals surface area contributed by atoms with Crippen molar-refractivity contribution in [3.05, 3.63) is 51.2 Å². The maximum absolute atomic E-state index is 13.1. The molecule has 4 nitrogen and oxygen atoms in total. The third kappa shape index (κ3) is 2.95. The first-order valence-corrected chi connectivity index (χ1v) is 9.49. The molecule has 144 valence electrons. The van der Waals surface area contributed by atoms with Crippen molar-refractivity contribution in [2.45, 2.75) is 47.1 Å². The molecule has 3 rings (SSSR count). The zero-order valence-corrected chi connectivity index (χ0v) is 17.8. The number of allylic oxidation sites excluding steroid dienone is 1. The SMILES string of the molecule is CC(C)(C)C1=CC(=O)c2c(-c3c(Cl)cccc3Cl)noc2C1(O)C(C)(C)C. The minimum Gasteiger partial charge on any atom is -0.377 e. The molecule has 1 aliphatic carbocycles. The van der Waals surface area contributed by atoms with E-state index >= 15 is 0 Å². The summed E-state index contributed by atoms with van der Waals surface area (Å²) in [6.45, 7) is 11.6. The van der Waals surface area contributed by atoms with E-state index in [2.05, 4.69) is 5.16 Å². The van der Waals surface area contributed by atoms with Crippen LogP contribution in [0.2, 0.25) is 10.0 Å². The molecule has 1 heterocycles. The number of rotatable bonds is 1. The van der Waals surface area contributed by atoms with Crippen molar-refractivity contribution >= 4 is 29.0 Å². The van der Waals surface area contributed by atoms with Crippen LogP contribution in [0.3, 0.4) is 0 Å². The minimum absolute atomic E-state index is 0.137. The molecule has 1 unspecified atom stereocenters. The summed E-state index contributed by atoms with van der Waals surface area (Å²) in [7, 11) is 0. The molecule has 1 aromatic carbocycles. The van der Waals surface area contributed by atoms with E-state index in [1.54, 1.807) is 18.2 Å². The Labute approximate surface area is 169 Å². The summed E-state index contributed by atoms with van der Waals surface area (Å²) < 4.78 is 5.61. The number of carbonyl (C=O) groups is 1. The zero-order chi connectivity index (χ0) is 20.4. The number of hydrogen-bond donors (Lipinski definition) is 1. The van der Waals surface area contributed by atoms with Gasteiger partial charge in [0.05, 0.1) is 15.6 Å². The number of hydrogen-bond acceptors (Lipinski definition) is 4. The third-order valence-electron chi connectivity index (χ3n) is 5.03. The predicted molar refractivity (Wildman–Crippen MR) is 107 cm³/mol. The number of nitrogens with zero attached hydrogens (tertiary/aromatic N) is 1. The summed E-state index contributed by atoms with van der Waals surface area (Å²) in [4.78, 5) is 13.1. The normalized spacial score (nSPS) is 20.5. The van der Waals surface area contributed by atoms with Crippen LogP contribution >= 0.6 is 23.2 Å². The van der Waals surface area contributed by atoms with Gasteiger partial charge in [0, 0.05) is 11.0 Å². The largest absolute Gasteiger partial charge is 0.377 e. The molecular formula is C21H23Cl2NO3. The Hall–Kier alpha value is -1.62. The maximum atomic E-state index is 13.1. The number of aliphatic hydroxyl groups is 1. The van der Waals surface area contributed by atoms with Crippen molar-refractivity contribution in [3.8, 4) is 11.3 Å². The molecule has 0 amide bonds. The summed E-state index contributed by atoms with van der Waals surface area (Å²) in [5.41, 5.74) is -1.15. The van der Waals surface area contributed by atoms with Gasteiger partial charge in [0.2, 0.25) is 0 Å². The molecule has 0 aliphatic heterocycles. The quantitative estimate of drug-likeness (QED) is 0.624. The van der Waals surface area contributed by atoms with Gasteiger partial charge in [-0.2, -0.15) is 0 Å². The van der Waals surface area contributed by atoms with E-state index in [0.717, 1.165) is 0 Å². The molecule has 0 fully saturated rings. The number of carbonyl (C=O) groups excluding carboxylic acids is 1. The van der Waals surface area contributed by atoms with E-state index in [4.69, 9.17) is 27.7 Å². The van der Waals surface area contributed by atoms with E-state index in [1.165, 1.54) is 6.08 Å². The molecule has 0 bridgehead atoms. The lowest BCUT2D eigenvalue weighted by molar-refractivity contribution is -0.0645. The summed E-state index contributed by atoms with van der Waals surface area (Å²) in [5, 5.41) is 16.7. The van der Waals surface area contributed by atoms with Crippen molar-refractivity contribution in [2.24, 2.45) is 10.8 Å². The van der Waals surface area contributed by atoms with Crippen LogP contribution in [0.25, 0.3) is 11.3 Å². The van der Waals surface area contributed by atoms with Gasteiger partial charge in [0.25, 0.3) is 0 Å². The molecule has 0 saturated heterocycles. The number of ketones is 1. The van der Waals surface area contributed by atoms with E-state index in [1.807, 2.05) is 41.5 Å². The topological polar surface area (TPSA) is 63.3 Å². The van der Waals surface area contributed by atoms with Crippen molar-refractivity contribution in [2.75, 3.05) is 0 Å². The number of fused-ring (bicyclic) bond motifs is 1. The first-order chi connectivity index (χ1) is 12.3. The van der Waals surface area contributed by atoms with Gasteiger partial charge in [-0.25, -0.2) is 0 Å². The summed E-state index contributed by atoms with van der Waals surface area (Å²) in [6, 6.07) is 5.05. The Balaban J connectivity index is 2.37. The molecule has 0 radical (unpaired) electrons. The van der Waals surface area contributed by atoms with Gasteiger partial charge in [0.15, 0.2) is 17.1 Å². The van der Waals surface area contributed by atoms with E-state index in [9.17, 15) is 9.90 Å². The highest BCUT2D eigenvalue weighted by atomic mass is 35.5. The highest BCUT2D eigenvalue weighted by molar-refractivity contribution is 6.39. The van der Waals surface area contributed by atoms with Crippen molar-refractivity contribution in [1.82, 2.24) is 5.16 Å². The van der Waals surface area contributed by atoms with Crippen LogP contribution in [-0.4, -0.2) is 16.0 Å². The number of aromatic nitrogens is 1. The second-order valence-electron chi connectivity index (χ2n) is 8.96.